The molecule has 4 nitrogen and oxygen atoms in total. The van der Waals surface area contributed by atoms with E-state index in [1.54, 1.807) is 6.20 Å². The van der Waals surface area contributed by atoms with Crippen molar-refractivity contribution < 1.29 is 4.74 Å². The fourth-order valence-corrected chi connectivity index (χ4v) is 1.67. The lowest BCUT2D eigenvalue weighted by Gasteiger charge is -2.25. The van der Waals surface area contributed by atoms with Crippen molar-refractivity contribution in [2.24, 2.45) is 0 Å². The number of ether oxygens (including phenoxy) is 1. The maximum atomic E-state index is 5.58. The molecule has 15 heavy (non-hydrogen) atoms. The summed E-state index contributed by atoms with van der Waals surface area (Å²) in [6.45, 7) is 7.55. The van der Waals surface area contributed by atoms with E-state index in [0.29, 0.717) is 0 Å². The van der Waals surface area contributed by atoms with Gasteiger partial charge in [-0.15, -0.1) is 0 Å². The van der Waals surface area contributed by atoms with Gasteiger partial charge in [0.1, 0.15) is 12.1 Å². The standard InChI is InChI=1S/C10H16IN3O/c1-4-15-10(2,3)6-13-9-8(11)5-12-7-14-9/h5,7H,4,6H2,1-3H3,(H,12,13,14). The van der Waals surface area contributed by atoms with Crippen LogP contribution in [0.3, 0.4) is 0 Å². The molecule has 5 heteroatoms. The molecule has 0 atom stereocenters. The summed E-state index contributed by atoms with van der Waals surface area (Å²) in [6, 6.07) is 0. The van der Waals surface area contributed by atoms with Gasteiger partial charge >= 0.3 is 0 Å². The summed E-state index contributed by atoms with van der Waals surface area (Å²) < 4.78 is 6.60. The van der Waals surface area contributed by atoms with Gasteiger partial charge < -0.3 is 10.1 Å². The van der Waals surface area contributed by atoms with E-state index < -0.39 is 0 Å². The van der Waals surface area contributed by atoms with Crippen molar-refractivity contribution in [1.82, 2.24) is 9.97 Å². The minimum absolute atomic E-state index is 0.178. The van der Waals surface area contributed by atoms with Crippen LogP contribution < -0.4 is 5.32 Å². The van der Waals surface area contributed by atoms with Gasteiger partial charge in [-0.25, -0.2) is 9.97 Å². The molecule has 0 aliphatic carbocycles. The SMILES string of the molecule is CCOC(C)(C)CNc1ncncc1I. The summed E-state index contributed by atoms with van der Waals surface area (Å²) in [4.78, 5) is 8.09. The molecule has 84 valence electrons. The van der Waals surface area contributed by atoms with Crippen LogP contribution in [-0.2, 0) is 4.74 Å². The van der Waals surface area contributed by atoms with Crippen molar-refractivity contribution in [2.45, 2.75) is 26.4 Å². The summed E-state index contributed by atoms with van der Waals surface area (Å²) in [7, 11) is 0. The van der Waals surface area contributed by atoms with Crippen molar-refractivity contribution in [3.63, 3.8) is 0 Å². The second kappa shape index (κ2) is 5.60. The molecule has 0 spiro atoms. The van der Waals surface area contributed by atoms with Gasteiger partial charge in [0.2, 0.25) is 0 Å². The molecule has 0 saturated heterocycles. The predicted octanol–water partition coefficient (Wildman–Crippen LogP) is 2.31. The highest BCUT2D eigenvalue weighted by molar-refractivity contribution is 14.1. The summed E-state index contributed by atoms with van der Waals surface area (Å²) in [5.74, 6) is 0.860. The van der Waals surface area contributed by atoms with Gasteiger partial charge in [-0.05, 0) is 43.4 Å². The Hall–Kier alpha value is -0.430. The highest BCUT2D eigenvalue weighted by Crippen LogP contribution is 2.15. The Morgan fingerprint density at radius 3 is 2.87 bits per heavy atom. The molecule has 1 aromatic heterocycles. The Bertz CT molecular complexity index is 317. The zero-order valence-corrected chi connectivity index (χ0v) is 11.4. The number of hydrogen-bond donors (Lipinski definition) is 1. The van der Waals surface area contributed by atoms with E-state index in [9.17, 15) is 0 Å². The van der Waals surface area contributed by atoms with Crippen LogP contribution in [0.2, 0.25) is 0 Å². The van der Waals surface area contributed by atoms with Gasteiger partial charge in [0, 0.05) is 19.3 Å². The average Bonchev–Trinajstić information content (AvgIpc) is 2.16. The molecule has 1 N–H and O–H groups in total. The van der Waals surface area contributed by atoms with Crippen molar-refractivity contribution in [3.8, 4) is 0 Å². The quantitative estimate of drug-likeness (QED) is 0.846. The Balaban J connectivity index is 2.53. The fraction of sp³-hybridized carbons (Fsp3) is 0.600. The minimum atomic E-state index is -0.178. The number of hydrogen-bond acceptors (Lipinski definition) is 4. The molecular weight excluding hydrogens is 305 g/mol. The van der Waals surface area contributed by atoms with Crippen LogP contribution in [0, 0.1) is 3.57 Å². The van der Waals surface area contributed by atoms with E-state index in [1.807, 2.05) is 6.92 Å². The lowest BCUT2D eigenvalue weighted by atomic mass is 10.1. The fourth-order valence-electron chi connectivity index (χ4n) is 1.18. The van der Waals surface area contributed by atoms with Crippen LogP contribution in [0.4, 0.5) is 5.82 Å². The molecule has 0 amide bonds. The van der Waals surface area contributed by atoms with E-state index in [4.69, 9.17) is 4.74 Å². The first-order valence-corrected chi connectivity index (χ1v) is 5.96. The zero-order valence-electron chi connectivity index (χ0n) is 9.25. The topological polar surface area (TPSA) is 47.0 Å². The van der Waals surface area contributed by atoms with Crippen LogP contribution >= 0.6 is 22.6 Å². The van der Waals surface area contributed by atoms with E-state index in [2.05, 4.69) is 51.7 Å². The number of anilines is 1. The Morgan fingerprint density at radius 1 is 1.53 bits per heavy atom. The van der Waals surface area contributed by atoms with E-state index in [0.717, 1.165) is 22.5 Å². The van der Waals surface area contributed by atoms with E-state index in [1.165, 1.54) is 6.33 Å². The molecule has 1 heterocycles. The highest BCUT2D eigenvalue weighted by atomic mass is 127. The molecule has 0 aromatic carbocycles. The van der Waals surface area contributed by atoms with Gasteiger partial charge in [-0.2, -0.15) is 0 Å². The third kappa shape index (κ3) is 4.29. The van der Waals surface area contributed by atoms with E-state index in [-0.39, 0.29) is 5.60 Å². The van der Waals surface area contributed by atoms with Crippen LogP contribution in [-0.4, -0.2) is 28.7 Å². The molecule has 0 radical (unpaired) electrons. The third-order valence-corrected chi connectivity index (χ3v) is 2.67. The molecule has 0 unspecified atom stereocenters. The molecule has 0 fully saturated rings. The monoisotopic (exact) mass is 321 g/mol. The molecule has 0 aliphatic rings. The summed E-state index contributed by atoms with van der Waals surface area (Å²) >= 11 is 2.20. The zero-order chi connectivity index (χ0) is 11.3. The molecule has 1 aromatic rings. The van der Waals surface area contributed by atoms with Gasteiger partial charge in [0.15, 0.2) is 0 Å². The lowest BCUT2D eigenvalue weighted by molar-refractivity contribution is 0.000630. The first-order valence-electron chi connectivity index (χ1n) is 4.88. The number of nitrogens with zero attached hydrogens (tertiary/aromatic N) is 2. The Kier molecular flexibility index (Phi) is 4.72. The predicted molar refractivity (Wildman–Crippen MR) is 68.9 cm³/mol. The van der Waals surface area contributed by atoms with Crippen LogP contribution in [0.25, 0.3) is 0 Å². The van der Waals surface area contributed by atoms with Gasteiger partial charge in [-0.3, -0.25) is 0 Å². The molecule has 1 rings (SSSR count). The molecule has 0 saturated carbocycles. The van der Waals surface area contributed by atoms with E-state index >= 15 is 0 Å². The summed E-state index contributed by atoms with van der Waals surface area (Å²) in [5.41, 5.74) is -0.178. The first-order chi connectivity index (χ1) is 7.05. The normalized spacial score (nSPS) is 11.5. The van der Waals surface area contributed by atoms with Crippen LogP contribution in [0.5, 0.6) is 0 Å². The third-order valence-electron chi connectivity index (χ3n) is 1.88. The maximum absolute atomic E-state index is 5.58. The maximum Gasteiger partial charge on any atom is 0.142 e. The number of aromatic nitrogens is 2. The molecule has 0 bridgehead atoms. The summed E-state index contributed by atoms with van der Waals surface area (Å²) in [6.07, 6.45) is 3.32. The number of halogens is 1. The first kappa shape index (κ1) is 12.6. The van der Waals surface area contributed by atoms with Crippen LogP contribution in [0.15, 0.2) is 12.5 Å². The van der Waals surface area contributed by atoms with Gasteiger partial charge in [0.25, 0.3) is 0 Å². The average molecular weight is 321 g/mol. The second-order valence-corrected chi connectivity index (χ2v) is 4.93. The van der Waals surface area contributed by atoms with Crippen molar-refractivity contribution in [3.05, 3.63) is 16.1 Å². The highest BCUT2D eigenvalue weighted by Gasteiger charge is 2.17. The number of nitrogens with one attached hydrogen (secondary N) is 1. The van der Waals surface area contributed by atoms with Crippen molar-refractivity contribution in [1.29, 1.82) is 0 Å². The molecular formula is C10H16IN3O. The Labute approximate surface area is 104 Å². The largest absolute Gasteiger partial charge is 0.374 e. The number of rotatable bonds is 5. The second-order valence-electron chi connectivity index (χ2n) is 3.77. The van der Waals surface area contributed by atoms with Gasteiger partial charge in [0.05, 0.1) is 9.17 Å². The van der Waals surface area contributed by atoms with Crippen LogP contribution in [0.1, 0.15) is 20.8 Å². The smallest absolute Gasteiger partial charge is 0.142 e. The minimum Gasteiger partial charge on any atom is -0.374 e. The van der Waals surface area contributed by atoms with Crippen molar-refractivity contribution >= 4 is 28.4 Å². The summed E-state index contributed by atoms with van der Waals surface area (Å²) in [5, 5.41) is 3.25. The molecule has 0 aliphatic heterocycles. The Morgan fingerprint density at radius 2 is 2.27 bits per heavy atom. The lowest BCUT2D eigenvalue weighted by Crippen LogP contribution is -2.33. The van der Waals surface area contributed by atoms with Gasteiger partial charge in [-0.1, -0.05) is 0 Å². The van der Waals surface area contributed by atoms with Crippen molar-refractivity contribution in [2.75, 3.05) is 18.5 Å².